The maximum absolute atomic E-state index is 13.2. The number of nitrogens with zero attached hydrogens (tertiary/aromatic N) is 1. The lowest BCUT2D eigenvalue weighted by molar-refractivity contribution is 0.203. The van der Waals surface area contributed by atoms with Gasteiger partial charge in [0.2, 0.25) is 0 Å². The van der Waals surface area contributed by atoms with Crippen molar-refractivity contribution in [3.63, 3.8) is 0 Å². The molecule has 1 fully saturated rings. The average molecular weight is 306 g/mol. The number of alkyl halides is 1. The molecule has 1 aliphatic rings. The summed E-state index contributed by atoms with van der Waals surface area (Å²) in [4.78, 5) is 0.734. The van der Waals surface area contributed by atoms with E-state index in [4.69, 9.17) is 0 Å². The van der Waals surface area contributed by atoms with Crippen LogP contribution >= 0.6 is 15.9 Å². The lowest BCUT2D eigenvalue weighted by atomic mass is 10.1. The van der Waals surface area contributed by atoms with E-state index in [9.17, 15) is 8.94 Å². The van der Waals surface area contributed by atoms with Crippen molar-refractivity contribution in [3.05, 3.63) is 28.7 Å². The molecule has 0 amide bonds. The van der Waals surface area contributed by atoms with Crippen molar-refractivity contribution < 1.29 is 8.94 Å². The van der Waals surface area contributed by atoms with Crippen LogP contribution in [0.3, 0.4) is 0 Å². The van der Waals surface area contributed by atoms with E-state index in [1.807, 2.05) is 24.3 Å². The predicted octanol–water partition coefficient (Wildman–Crippen LogP) is 2.91. The summed E-state index contributed by atoms with van der Waals surface area (Å²) in [5, 5.41) is 0. The molecule has 0 N–H and O–H groups in total. The van der Waals surface area contributed by atoms with Gasteiger partial charge in [-0.2, -0.15) is 0 Å². The number of hydrogen-bond acceptors (Lipinski definition) is 2. The molecule has 0 aromatic heterocycles. The van der Waals surface area contributed by atoms with Crippen LogP contribution < -0.4 is 0 Å². The Balaban J connectivity index is 2.06. The lowest BCUT2D eigenvalue weighted by Crippen LogP contribution is -2.40. The maximum Gasteiger partial charge on any atom is 0.174 e. The Morgan fingerprint density at radius 1 is 1.38 bits per heavy atom. The third-order valence-electron chi connectivity index (χ3n) is 2.58. The number of halogens is 2. The van der Waals surface area contributed by atoms with Gasteiger partial charge in [-0.1, -0.05) is 15.9 Å². The van der Waals surface area contributed by atoms with Crippen molar-refractivity contribution in [1.82, 2.24) is 4.31 Å². The van der Waals surface area contributed by atoms with Gasteiger partial charge in [0.25, 0.3) is 0 Å². The fourth-order valence-corrected chi connectivity index (χ4v) is 3.27. The summed E-state index contributed by atoms with van der Waals surface area (Å²) in [7, 11) is 0. The highest BCUT2D eigenvalue weighted by molar-refractivity contribution is 9.10. The SMILES string of the molecule is [O-][S+](c1ccc(Br)cc1)N1CCCC(F)C1. The number of piperidine rings is 1. The van der Waals surface area contributed by atoms with E-state index in [1.54, 1.807) is 4.31 Å². The maximum atomic E-state index is 13.2. The molecule has 16 heavy (non-hydrogen) atoms. The fraction of sp³-hybridized carbons (Fsp3) is 0.455. The zero-order valence-corrected chi connectivity index (χ0v) is 11.1. The van der Waals surface area contributed by atoms with Gasteiger partial charge in [-0.25, -0.2) is 4.39 Å². The zero-order valence-electron chi connectivity index (χ0n) is 8.73. The van der Waals surface area contributed by atoms with Crippen molar-refractivity contribution in [1.29, 1.82) is 0 Å². The minimum absolute atomic E-state index is 0.280. The van der Waals surface area contributed by atoms with Crippen LogP contribution in [-0.2, 0) is 11.4 Å². The first-order chi connectivity index (χ1) is 7.66. The van der Waals surface area contributed by atoms with Gasteiger partial charge in [-0.15, -0.1) is 4.31 Å². The number of benzene rings is 1. The van der Waals surface area contributed by atoms with Crippen LogP contribution in [0.25, 0.3) is 0 Å². The van der Waals surface area contributed by atoms with Gasteiger partial charge in [-0.3, -0.25) is 0 Å². The van der Waals surface area contributed by atoms with E-state index in [0.717, 1.165) is 15.8 Å². The van der Waals surface area contributed by atoms with Crippen molar-refractivity contribution in [2.24, 2.45) is 0 Å². The monoisotopic (exact) mass is 305 g/mol. The Bertz CT molecular complexity index is 348. The molecule has 1 aromatic rings. The molecule has 2 atom stereocenters. The second-order valence-electron chi connectivity index (χ2n) is 3.83. The highest BCUT2D eigenvalue weighted by Gasteiger charge is 2.29. The molecule has 1 aliphatic heterocycles. The van der Waals surface area contributed by atoms with Crippen LogP contribution in [0.15, 0.2) is 33.6 Å². The van der Waals surface area contributed by atoms with E-state index < -0.39 is 17.5 Å². The van der Waals surface area contributed by atoms with E-state index in [0.29, 0.717) is 13.0 Å². The molecule has 2 rings (SSSR count). The van der Waals surface area contributed by atoms with Crippen LogP contribution in [0.5, 0.6) is 0 Å². The van der Waals surface area contributed by atoms with Crippen LogP contribution in [0.2, 0.25) is 0 Å². The van der Waals surface area contributed by atoms with E-state index in [-0.39, 0.29) is 6.54 Å². The fourth-order valence-electron chi connectivity index (χ4n) is 1.74. The van der Waals surface area contributed by atoms with Crippen molar-refractivity contribution in [2.75, 3.05) is 13.1 Å². The highest BCUT2D eigenvalue weighted by atomic mass is 79.9. The molecule has 1 aromatic carbocycles. The van der Waals surface area contributed by atoms with Gasteiger partial charge in [-0.05, 0) is 37.1 Å². The number of rotatable bonds is 2. The molecule has 5 heteroatoms. The summed E-state index contributed by atoms with van der Waals surface area (Å²) in [6.45, 7) is 0.992. The third-order valence-corrected chi connectivity index (χ3v) is 4.58. The summed E-state index contributed by atoms with van der Waals surface area (Å²) in [5.74, 6) is 0. The van der Waals surface area contributed by atoms with Gasteiger partial charge in [0.15, 0.2) is 4.90 Å². The second kappa shape index (κ2) is 5.49. The van der Waals surface area contributed by atoms with Crippen molar-refractivity contribution in [3.8, 4) is 0 Å². The van der Waals surface area contributed by atoms with Crippen LogP contribution in [0.4, 0.5) is 4.39 Å². The minimum Gasteiger partial charge on any atom is -0.593 e. The first kappa shape index (κ1) is 12.4. The molecule has 1 heterocycles. The van der Waals surface area contributed by atoms with Gasteiger partial charge in [0, 0.05) is 11.0 Å². The lowest BCUT2D eigenvalue weighted by Gasteiger charge is -2.28. The van der Waals surface area contributed by atoms with E-state index >= 15 is 0 Å². The summed E-state index contributed by atoms with van der Waals surface area (Å²) < 4.78 is 28.0. The van der Waals surface area contributed by atoms with Crippen LogP contribution in [0, 0.1) is 0 Å². The molecule has 2 unspecified atom stereocenters. The average Bonchev–Trinajstić information content (AvgIpc) is 2.29. The second-order valence-corrected chi connectivity index (χ2v) is 6.23. The molecule has 0 aliphatic carbocycles. The molecule has 1 saturated heterocycles. The molecule has 0 spiro atoms. The highest BCUT2D eigenvalue weighted by Crippen LogP contribution is 2.23. The summed E-state index contributed by atoms with van der Waals surface area (Å²) in [6.07, 6.45) is 0.533. The molecular weight excluding hydrogens is 293 g/mol. The van der Waals surface area contributed by atoms with Crippen LogP contribution in [-0.4, -0.2) is 28.1 Å². The first-order valence-corrected chi connectivity index (χ1v) is 7.13. The van der Waals surface area contributed by atoms with Gasteiger partial charge < -0.3 is 4.55 Å². The van der Waals surface area contributed by atoms with Crippen molar-refractivity contribution in [2.45, 2.75) is 23.9 Å². The molecule has 0 saturated carbocycles. The Morgan fingerprint density at radius 2 is 2.06 bits per heavy atom. The number of hydrogen-bond donors (Lipinski definition) is 0. The largest absolute Gasteiger partial charge is 0.593 e. The molecule has 2 nitrogen and oxygen atoms in total. The predicted molar refractivity (Wildman–Crippen MR) is 66.3 cm³/mol. The summed E-state index contributed by atoms with van der Waals surface area (Å²) >= 11 is 2.10. The van der Waals surface area contributed by atoms with Gasteiger partial charge in [0.1, 0.15) is 6.17 Å². The molecule has 0 radical (unpaired) electrons. The Hall–Kier alpha value is -0.100. The van der Waals surface area contributed by atoms with E-state index in [2.05, 4.69) is 15.9 Å². The smallest absolute Gasteiger partial charge is 0.174 e. The molecule has 0 bridgehead atoms. The summed E-state index contributed by atoms with van der Waals surface area (Å²) in [6, 6.07) is 7.32. The Labute approximate surface area is 106 Å². The Kier molecular flexibility index (Phi) is 4.24. The standard InChI is InChI=1S/C11H13BrFNOS/c12-9-3-5-11(6-4-9)16(15)14-7-1-2-10(13)8-14/h3-6,10H,1-2,7-8H2. The zero-order chi connectivity index (χ0) is 11.5. The summed E-state index contributed by atoms with van der Waals surface area (Å²) in [5.41, 5.74) is 0. The topological polar surface area (TPSA) is 26.3 Å². The van der Waals surface area contributed by atoms with E-state index in [1.165, 1.54) is 0 Å². The van der Waals surface area contributed by atoms with Crippen molar-refractivity contribution >= 4 is 27.3 Å². The Morgan fingerprint density at radius 3 is 2.69 bits per heavy atom. The quantitative estimate of drug-likeness (QED) is 0.785. The van der Waals surface area contributed by atoms with Gasteiger partial charge in [0.05, 0.1) is 17.9 Å². The van der Waals surface area contributed by atoms with Gasteiger partial charge >= 0.3 is 0 Å². The molecular formula is C11H13BrFNOS. The third kappa shape index (κ3) is 2.97. The normalized spacial score (nSPS) is 24.3. The minimum atomic E-state index is -1.23. The molecule has 88 valence electrons. The first-order valence-electron chi connectivity index (χ1n) is 5.23. The van der Waals surface area contributed by atoms with Crippen LogP contribution in [0.1, 0.15) is 12.8 Å².